The van der Waals surface area contributed by atoms with E-state index in [0.717, 1.165) is 55.3 Å². The maximum atomic E-state index is 4.86. The van der Waals surface area contributed by atoms with Crippen LogP contribution in [-0.4, -0.2) is 16.4 Å². The van der Waals surface area contributed by atoms with Crippen LogP contribution in [0.1, 0.15) is 47.5 Å². The van der Waals surface area contributed by atoms with Crippen LogP contribution < -0.4 is 0 Å². The molecule has 7 heteroatoms. The van der Waals surface area contributed by atoms with E-state index in [4.69, 9.17) is 15.0 Å². The van der Waals surface area contributed by atoms with E-state index in [1.54, 1.807) is 0 Å². The molecule has 0 N–H and O–H groups in total. The molecule has 0 aliphatic heterocycles. The Labute approximate surface area is 222 Å². The second-order valence-electron chi connectivity index (χ2n) is 7.46. The molecule has 0 aliphatic rings. The topological polar surface area (TPSA) is 37.6 Å². The molecule has 3 nitrogen and oxygen atoms in total. The number of halogens is 3. The molecule has 0 spiro atoms. The number of hydrogen-bond donors (Lipinski definition) is 0. The predicted octanol–water partition coefficient (Wildman–Crippen LogP) is 8.20. The van der Waals surface area contributed by atoms with Crippen LogP contribution in [0.2, 0.25) is 0 Å². The number of benzene rings is 2. The third kappa shape index (κ3) is 7.26. The predicted molar refractivity (Wildman–Crippen MR) is 142 cm³/mol. The molecule has 1 heterocycles. The van der Waals surface area contributed by atoms with Crippen molar-refractivity contribution in [1.29, 1.82) is 0 Å². The molecule has 1 aromatic heterocycles. The number of rotatable bonds is 4. The Balaban J connectivity index is 0.00000320. The molecule has 0 radical (unpaired) electrons. The fraction of sp³-hybridized carbons (Fsp3) is 0.240. The van der Waals surface area contributed by atoms with E-state index in [9.17, 15) is 0 Å². The van der Waals surface area contributed by atoms with Crippen molar-refractivity contribution in [3.8, 4) is 0 Å². The molecule has 32 heavy (non-hydrogen) atoms. The van der Waals surface area contributed by atoms with Crippen molar-refractivity contribution < 1.29 is 17.1 Å². The molecule has 0 fully saturated rings. The Kier molecular flexibility index (Phi) is 12.7. The molecule has 3 aromatic rings. The Bertz CT molecular complexity index is 1100. The summed E-state index contributed by atoms with van der Waals surface area (Å²) in [6.45, 7) is 12.3. The third-order valence-corrected chi connectivity index (χ3v) is 5.49. The van der Waals surface area contributed by atoms with Gasteiger partial charge in [0.05, 0.1) is 34.2 Å². The summed E-state index contributed by atoms with van der Waals surface area (Å²) in [6, 6.07) is 16.5. The molecule has 0 bridgehead atoms. The summed E-state index contributed by atoms with van der Waals surface area (Å²) in [5, 5.41) is 0. The largest absolute Gasteiger partial charge is 0.251 e. The van der Waals surface area contributed by atoms with Gasteiger partial charge in [-0.05, 0) is 97.9 Å². The summed E-state index contributed by atoms with van der Waals surface area (Å²) >= 11 is 3.64. The van der Waals surface area contributed by atoms with Crippen LogP contribution in [0.5, 0.6) is 0 Å². The van der Waals surface area contributed by atoms with Gasteiger partial charge in [-0.1, -0.05) is 30.3 Å². The number of aryl methyl sites for hydroxylation is 4. The average Bonchev–Trinajstić information content (AvgIpc) is 2.67. The van der Waals surface area contributed by atoms with E-state index in [0.29, 0.717) is 0 Å². The van der Waals surface area contributed by atoms with E-state index in [-0.39, 0.29) is 41.9 Å². The summed E-state index contributed by atoms with van der Waals surface area (Å²) in [7, 11) is 0. The quantitative estimate of drug-likeness (QED) is 0.228. The number of aliphatic imine (C=N–C) groups is 2. The standard InChI is InChI=1S/C25H26BrN3.2ClH.Fe/c1-15-13-18(4)25(21(26)14-15)28-20(6)23-12-8-11-22(29-23)19(5)27-24-16(2)9-7-10-17(24)3;;;/h7-14H,1-6H3;2*1H;. The van der Waals surface area contributed by atoms with Crippen LogP contribution >= 0.6 is 40.7 Å². The molecule has 0 saturated carbocycles. The van der Waals surface area contributed by atoms with Crippen LogP contribution in [0.3, 0.4) is 0 Å². The van der Waals surface area contributed by atoms with Gasteiger partial charge < -0.3 is 0 Å². The number of aromatic nitrogens is 1. The molecule has 0 unspecified atom stereocenters. The minimum Gasteiger partial charge on any atom is -0.251 e. The van der Waals surface area contributed by atoms with Gasteiger partial charge in [-0.3, -0.25) is 9.98 Å². The average molecular weight is 577 g/mol. The van der Waals surface area contributed by atoms with E-state index >= 15 is 0 Å². The maximum absolute atomic E-state index is 4.86. The number of pyridine rings is 1. The van der Waals surface area contributed by atoms with Gasteiger partial charge in [0.2, 0.25) is 0 Å². The fourth-order valence-electron chi connectivity index (χ4n) is 3.32. The summed E-state index contributed by atoms with van der Waals surface area (Å²) in [6.07, 6.45) is 0. The van der Waals surface area contributed by atoms with Crippen molar-refractivity contribution in [2.45, 2.75) is 41.5 Å². The summed E-state index contributed by atoms with van der Waals surface area (Å²) in [4.78, 5) is 14.5. The van der Waals surface area contributed by atoms with Gasteiger partial charge in [-0.15, -0.1) is 24.8 Å². The van der Waals surface area contributed by atoms with Gasteiger partial charge in [0, 0.05) is 21.5 Å². The first-order valence-corrected chi connectivity index (χ1v) is 10.5. The zero-order chi connectivity index (χ0) is 21.1. The first kappa shape index (κ1) is 30.5. The summed E-state index contributed by atoms with van der Waals surface area (Å²) in [5.74, 6) is 0. The van der Waals surface area contributed by atoms with Crippen LogP contribution in [0, 0.1) is 27.7 Å². The van der Waals surface area contributed by atoms with Crippen LogP contribution in [0.25, 0.3) is 0 Å². The molecule has 0 amide bonds. The number of hydrogen-bond acceptors (Lipinski definition) is 3. The van der Waals surface area contributed by atoms with Crippen molar-refractivity contribution in [3.05, 3.63) is 86.6 Å². The Hall–Kier alpha value is -1.49. The van der Waals surface area contributed by atoms with Crippen molar-refractivity contribution in [2.75, 3.05) is 0 Å². The Morgan fingerprint density at radius 2 is 1.19 bits per heavy atom. The first-order valence-electron chi connectivity index (χ1n) is 9.67. The van der Waals surface area contributed by atoms with Gasteiger partial charge in [0.1, 0.15) is 0 Å². The van der Waals surface area contributed by atoms with Crippen LogP contribution in [0.4, 0.5) is 11.4 Å². The molecular formula is C25H28BrCl2FeN3. The SMILES string of the molecule is CC(=Nc1c(C)cccc1C)c1cccc(C(C)=Nc2c(C)cc(C)cc2Br)n1.Cl.Cl.[Fe]. The maximum Gasteiger partial charge on any atom is 0.0849 e. The van der Waals surface area contributed by atoms with Gasteiger partial charge in [0.25, 0.3) is 0 Å². The molecule has 0 atom stereocenters. The number of nitrogens with zero attached hydrogens (tertiary/aromatic N) is 3. The smallest absolute Gasteiger partial charge is 0.0849 e. The minimum absolute atomic E-state index is 0. The summed E-state index contributed by atoms with van der Waals surface area (Å²) < 4.78 is 0.998. The van der Waals surface area contributed by atoms with Gasteiger partial charge in [0.15, 0.2) is 0 Å². The third-order valence-electron chi connectivity index (χ3n) is 4.89. The van der Waals surface area contributed by atoms with Gasteiger partial charge in [-0.25, -0.2) is 4.98 Å². The van der Waals surface area contributed by atoms with Crippen molar-refractivity contribution in [1.82, 2.24) is 4.98 Å². The Morgan fingerprint density at radius 1 is 0.719 bits per heavy atom. The van der Waals surface area contributed by atoms with Crippen LogP contribution in [-0.2, 0) is 17.1 Å². The molecule has 0 saturated heterocycles. The molecule has 172 valence electrons. The zero-order valence-corrected chi connectivity index (χ0v) is 23.3. The van der Waals surface area contributed by atoms with E-state index in [1.807, 2.05) is 32.0 Å². The minimum atomic E-state index is 0. The van der Waals surface area contributed by atoms with Gasteiger partial charge in [-0.2, -0.15) is 0 Å². The molecule has 3 rings (SSSR count). The second-order valence-corrected chi connectivity index (χ2v) is 8.31. The van der Waals surface area contributed by atoms with Crippen molar-refractivity contribution in [2.24, 2.45) is 9.98 Å². The first-order chi connectivity index (χ1) is 13.8. The normalized spacial score (nSPS) is 11.2. The monoisotopic (exact) mass is 575 g/mol. The van der Waals surface area contributed by atoms with Crippen LogP contribution in [0.15, 0.2) is 63.0 Å². The van der Waals surface area contributed by atoms with E-state index in [2.05, 4.69) is 74.0 Å². The van der Waals surface area contributed by atoms with E-state index in [1.165, 1.54) is 5.56 Å². The molecule has 2 aromatic carbocycles. The number of para-hydroxylation sites is 1. The van der Waals surface area contributed by atoms with Crippen molar-refractivity contribution >= 4 is 63.5 Å². The van der Waals surface area contributed by atoms with E-state index < -0.39 is 0 Å². The zero-order valence-electron chi connectivity index (χ0n) is 19.0. The Morgan fingerprint density at radius 3 is 1.69 bits per heavy atom. The fourth-order valence-corrected chi connectivity index (χ4v) is 4.08. The molecular weight excluding hydrogens is 549 g/mol. The van der Waals surface area contributed by atoms with Crippen molar-refractivity contribution in [3.63, 3.8) is 0 Å². The van der Waals surface area contributed by atoms with Gasteiger partial charge >= 0.3 is 0 Å². The molecule has 0 aliphatic carbocycles. The summed E-state index contributed by atoms with van der Waals surface area (Å²) in [5.41, 5.74) is 10.1. The second kappa shape index (κ2) is 13.3.